The smallest absolute Gasteiger partial charge is 0.0576 e. The molecule has 1 saturated heterocycles. The van der Waals surface area contributed by atoms with Crippen LogP contribution < -0.4 is 0 Å². The molecule has 0 N–H and O–H groups in total. The summed E-state index contributed by atoms with van der Waals surface area (Å²) in [6.45, 7) is 5.13. The van der Waals surface area contributed by atoms with E-state index in [9.17, 15) is 0 Å². The van der Waals surface area contributed by atoms with Crippen LogP contribution in [0.2, 0.25) is 0 Å². The molecule has 0 aromatic heterocycles. The lowest BCUT2D eigenvalue weighted by Gasteiger charge is -2.04. The third kappa shape index (κ3) is 0.942. The molecule has 0 saturated carbocycles. The van der Waals surface area contributed by atoms with E-state index in [2.05, 4.69) is 20.3 Å². The molecule has 0 bridgehead atoms. The summed E-state index contributed by atoms with van der Waals surface area (Å²) in [6.07, 6.45) is 2.66. The monoisotopic (exact) mass is 99.1 g/mol. The van der Waals surface area contributed by atoms with E-state index in [0.717, 1.165) is 6.61 Å². The molecule has 7 heavy (non-hydrogen) atoms. The fourth-order valence-electron chi connectivity index (χ4n) is 0.703. The summed E-state index contributed by atoms with van der Waals surface area (Å²) in [5.41, 5.74) is 0. The second-order valence-electron chi connectivity index (χ2n) is 2.13. The maximum absolute atomic E-state index is 5.21. The van der Waals surface area contributed by atoms with Crippen LogP contribution in [0.4, 0.5) is 0 Å². The highest BCUT2D eigenvalue weighted by Gasteiger charge is 2.18. The van der Waals surface area contributed by atoms with Crippen LogP contribution in [0.15, 0.2) is 0 Å². The minimum absolute atomic E-state index is 0.458. The minimum Gasteiger partial charge on any atom is -0.378 e. The second kappa shape index (κ2) is 1.83. The first-order valence-corrected chi connectivity index (χ1v) is 2.75. The normalized spacial score (nSPS) is 42.0. The van der Waals surface area contributed by atoms with Gasteiger partial charge in [0.25, 0.3) is 0 Å². The van der Waals surface area contributed by atoms with Crippen molar-refractivity contribution in [2.24, 2.45) is 5.92 Å². The van der Waals surface area contributed by atoms with E-state index in [1.807, 2.05) is 0 Å². The molecule has 0 aromatic rings. The molecule has 0 aromatic carbocycles. The quantitative estimate of drug-likeness (QED) is 0.444. The van der Waals surface area contributed by atoms with E-state index in [1.165, 1.54) is 0 Å². The molecule has 0 aliphatic carbocycles. The molecule has 1 rings (SSSR count). The lowest BCUT2D eigenvalue weighted by Crippen LogP contribution is -2.06. The van der Waals surface area contributed by atoms with Gasteiger partial charge in [-0.15, -0.1) is 0 Å². The van der Waals surface area contributed by atoms with Crippen LogP contribution in [0, 0.1) is 12.3 Å². The molecule has 2 unspecified atom stereocenters. The van der Waals surface area contributed by atoms with Gasteiger partial charge in [-0.2, -0.15) is 0 Å². The van der Waals surface area contributed by atoms with Crippen molar-refractivity contribution < 1.29 is 4.74 Å². The largest absolute Gasteiger partial charge is 0.378 e. The highest BCUT2D eigenvalue weighted by atomic mass is 16.5. The fraction of sp³-hybridized carbons (Fsp3) is 0.833. The average molecular weight is 99.2 g/mol. The van der Waals surface area contributed by atoms with Crippen LogP contribution in [-0.4, -0.2) is 12.7 Å². The highest BCUT2D eigenvalue weighted by Crippen LogP contribution is 2.17. The first-order chi connectivity index (χ1) is 3.30. The summed E-state index contributed by atoms with van der Waals surface area (Å²) in [5, 5.41) is 0. The molecule has 1 aliphatic rings. The van der Waals surface area contributed by atoms with Crippen molar-refractivity contribution in [2.45, 2.75) is 20.0 Å². The fourth-order valence-corrected chi connectivity index (χ4v) is 0.703. The summed E-state index contributed by atoms with van der Waals surface area (Å²) >= 11 is 0. The van der Waals surface area contributed by atoms with Crippen LogP contribution in [0.3, 0.4) is 0 Å². The van der Waals surface area contributed by atoms with Gasteiger partial charge in [0, 0.05) is 0 Å². The molecule has 1 radical (unpaired) electrons. The van der Waals surface area contributed by atoms with Gasteiger partial charge >= 0.3 is 0 Å². The van der Waals surface area contributed by atoms with Crippen molar-refractivity contribution in [3.05, 3.63) is 6.42 Å². The third-order valence-corrected chi connectivity index (χ3v) is 1.57. The third-order valence-electron chi connectivity index (χ3n) is 1.57. The molecule has 41 valence electrons. The number of hydrogen-bond acceptors (Lipinski definition) is 1. The van der Waals surface area contributed by atoms with E-state index >= 15 is 0 Å². The van der Waals surface area contributed by atoms with Gasteiger partial charge in [-0.3, -0.25) is 0 Å². The Hall–Kier alpha value is -0.0400. The Bertz CT molecular complexity index is 53.2. The highest BCUT2D eigenvalue weighted by molar-refractivity contribution is 4.83. The van der Waals surface area contributed by atoms with E-state index in [1.54, 1.807) is 0 Å². The predicted molar refractivity (Wildman–Crippen MR) is 28.9 cm³/mol. The van der Waals surface area contributed by atoms with Gasteiger partial charge in [0.15, 0.2) is 0 Å². The van der Waals surface area contributed by atoms with Gasteiger partial charge in [0.05, 0.1) is 12.7 Å². The van der Waals surface area contributed by atoms with Crippen LogP contribution in [0.5, 0.6) is 0 Å². The van der Waals surface area contributed by atoms with E-state index in [0.29, 0.717) is 12.0 Å². The zero-order valence-corrected chi connectivity index (χ0v) is 4.85. The SMILES string of the molecule is CC1[CH]COC1C. The zero-order valence-electron chi connectivity index (χ0n) is 4.85. The Labute approximate surface area is 44.7 Å². The molecule has 1 nitrogen and oxygen atoms in total. The molecule has 1 aliphatic heterocycles. The molecule has 2 atom stereocenters. The first-order valence-electron chi connectivity index (χ1n) is 2.75. The van der Waals surface area contributed by atoms with Gasteiger partial charge in [-0.25, -0.2) is 0 Å². The van der Waals surface area contributed by atoms with Crippen molar-refractivity contribution in [3.8, 4) is 0 Å². The predicted octanol–water partition coefficient (Wildman–Crippen LogP) is 1.25. The molecular weight excluding hydrogens is 88.1 g/mol. The first kappa shape index (κ1) is 5.10. The molecule has 1 heterocycles. The Morgan fingerprint density at radius 2 is 2.29 bits per heavy atom. The Kier molecular flexibility index (Phi) is 1.33. The summed E-state index contributed by atoms with van der Waals surface area (Å²) in [5.74, 6) is 0.667. The molecule has 0 amide bonds. The summed E-state index contributed by atoms with van der Waals surface area (Å²) in [7, 11) is 0. The summed E-state index contributed by atoms with van der Waals surface area (Å²) in [6, 6.07) is 0. The maximum Gasteiger partial charge on any atom is 0.0576 e. The van der Waals surface area contributed by atoms with Gasteiger partial charge in [0.2, 0.25) is 0 Å². The topological polar surface area (TPSA) is 9.23 Å². The Morgan fingerprint density at radius 1 is 1.57 bits per heavy atom. The summed E-state index contributed by atoms with van der Waals surface area (Å²) in [4.78, 5) is 0. The molecule has 0 spiro atoms. The summed E-state index contributed by atoms with van der Waals surface area (Å²) < 4.78 is 5.21. The number of ether oxygens (including phenoxy) is 1. The zero-order chi connectivity index (χ0) is 5.28. The second-order valence-corrected chi connectivity index (χ2v) is 2.13. The van der Waals surface area contributed by atoms with Crippen LogP contribution >= 0.6 is 0 Å². The van der Waals surface area contributed by atoms with Crippen molar-refractivity contribution >= 4 is 0 Å². The maximum atomic E-state index is 5.21. The lowest BCUT2D eigenvalue weighted by atomic mass is 10.1. The molecule has 1 heteroatoms. The van der Waals surface area contributed by atoms with Gasteiger partial charge in [-0.1, -0.05) is 6.92 Å². The van der Waals surface area contributed by atoms with Crippen LogP contribution in [0.1, 0.15) is 13.8 Å². The number of hydrogen-bond donors (Lipinski definition) is 0. The standard InChI is InChI=1S/C6H11O/c1-5-3-4-7-6(5)2/h3,5-6H,4H2,1-2H3. The minimum atomic E-state index is 0.458. The van der Waals surface area contributed by atoms with Crippen molar-refractivity contribution in [1.82, 2.24) is 0 Å². The van der Waals surface area contributed by atoms with Gasteiger partial charge in [0.1, 0.15) is 0 Å². The van der Waals surface area contributed by atoms with Crippen LogP contribution in [0.25, 0.3) is 0 Å². The molecule has 1 fully saturated rings. The van der Waals surface area contributed by atoms with Gasteiger partial charge < -0.3 is 4.74 Å². The lowest BCUT2D eigenvalue weighted by molar-refractivity contribution is 0.110. The van der Waals surface area contributed by atoms with Crippen molar-refractivity contribution in [2.75, 3.05) is 6.61 Å². The van der Waals surface area contributed by atoms with Crippen LogP contribution in [-0.2, 0) is 4.74 Å². The molecular formula is C6H11O. The van der Waals surface area contributed by atoms with Crippen molar-refractivity contribution in [1.29, 1.82) is 0 Å². The van der Waals surface area contributed by atoms with E-state index < -0.39 is 0 Å². The average Bonchev–Trinajstić information content (AvgIpc) is 1.91. The van der Waals surface area contributed by atoms with Gasteiger partial charge in [-0.05, 0) is 19.3 Å². The van der Waals surface area contributed by atoms with E-state index in [-0.39, 0.29) is 0 Å². The Morgan fingerprint density at radius 3 is 2.43 bits per heavy atom. The number of rotatable bonds is 0. The van der Waals surface area contributed by atoms with E-state index in [4.69, 9.17) is 4.74 Å². The van der Waals surface area contributed by atoms with Crippen molar-refractivity contribution in [3.63, 3.8) is 0 Å². The Balaban J connectivity index is 2.33.